The predicted octanol–water partition coefficient (Wildman–Crippen LogP) is 3.34. The van der Waals surface area contributed by atoms with Crippen LogP contribution in [0.5, 0.6) is 5.88 Å². The minimum Gasteiger partial charge on any atom is -0.476 e. The average molecular weight is 588 g/mol. The zero-order valence-corrected chi connectivity index (χ0v) is 25.3. The molecule has 4 aliphatic rings. The molecule has 1 amide bonds. The highest BCUT2D eigenvalue weighted by Crippen LogP contribution is 2.64. The first-order chi connectivity index (χ1) is 18.4. The molecule has 1 N–H and O–H groups in total. The highest BCUT2D eigenvalue weighted by Gasteiger charge is 2.57. The molecule has 0 aromatic carbocycles. The number of amides is 1. The van der Waals surface area contributed by atoms with Crippen molar-refractivity contribution >= 4 is 35.2 Å². The van der Waals surface area contributed by atoms with Crippen LogP contribution in [0.3, 0.4) is 0 Å². The third kappa shape index (κ3) is 4.87. The summed E-state index contributed by atoms with van der Waals surface area (Å²) in [5, 5.41) is 8.57. The van der Waals surface area contributed by atoms with E-state index in [4.69, 9.17) is 9.72 Å². The Labute approximate surface area is 241 Å². The zero-order chi connectivity index (χ0) is 27.7. The molecule has 4 fully saturated rings. The van der Waals surface area contributed by atoms with Gasteiger partial charge in [0.25, 0.3) is 15.9 Å². The van der Waals surface area contributed by atoms with Crippen LogP contribution in [0, 0.1) is 24.2 Å². The lowest BCUT2D eigenvalue weighted by atomic mass is 9.45. The Bertz CT molecular complexity index is 1550. The lowest BCUT2D eigenvalue weighted by molar-refractivity contribution is -0.132. The summed E-state index contributed by atoms with van der Waals surface area (Å²) in [6.45, 7) is 9.38. The highest BCUT2D eigenvalue weighted by molar-refractivity contribution is 7.90. The number of carbonyl (C=O) groups is 1. The first-order valence-electron chi connectivity index (χ1n) is 13.4. The smallest absolute Gasteiger partial charge is 0.268 e. The number of sulfonamides is 1. The van der Waals surface area contributed by atoms with Gasteiger partial charge in [0.2, 0.25) is 5.88 Å². The standard InChI is InChI=1S/C27H35N7O4S.H2S/c1-17-10-26(3,4)33(15-17)24-20(25(35)31-39(36,37)21-14-28-32(5)18(21)2)6-7-22(29-24)34-9-8-23(30-34)38-16-27-11-19(12-27)13-27;/h6-9,14,17,19H,10-13,15-16H2,1-5H3,(H,31,35);1H2/t17-,19?,27?;/m0./s1. The number of nitrogens with one attached hydrogen (secondary N) is 1. The Morgan fingerprint density at radius 1 is 1.18 bits per heavy atom. The number of pyridine rings is 1. The maximum atomic E-state index is 13.5. The molecule has 216 valence electrons. The minimum absolute atomic E-state index is 0. The van der Waals surface area contributed by atoms with Crippen molar-refractivity contribution in [2.24, 2.45) is 24.3 Å². The van der Waals surface area contributed by atoms with Gasteiger partial charge in [-0.2, -0.15) is 18.6 Å². The van der Waals surface area contributed by atoms with Crippen molar-refractivity contribution < 1.29 is 17.9 Å². The monoisotopic (exact) mass is 587 g/mol. The molecule has 4 heterocycles. The molecule has 1 aliphatic heterocycles. The second-order valence-corrected chi connectivity index (χ2v) is 13.9. The van der Waals surface area contributed by atoms with Crippen molar-refractivity contribution in [3.63, 3.8) is 0 Å². The van der Waals surface area contributed by atoms with Gasteiger partial charge in [-0.25, -0.2) is 22.8 Å². The van der Waals surface area contributed by atoms with Gasteiger partial charge in [-0.3, -0.25) is 9.48 Å². The first kappa shape index (κ1) is 28.5. The Kier molecular flexibility index (Phi) is 6.97. The van der Waals surface area contributed by atoms with Crippen molar-refractivity contribution in [1.82, 2.24) is 29.3 Å². The van der Waals surface area contributed by atoms with E-state index < -0.39 is 15.9 Å². The summed E-state index contributed by atoms with van der Waals surface area (Å²) in [6, 6.07) is 5.10. The lowest BCUT2D eigenvalue weighted by Crippen LogP contribution is -2.55. The fourth-order valence-corrected chi connectivity index (χ4v) is 7.63. The Morgan fingerprint density at radius 3 is 2.48 bits per heavy atom. The molecule has 0 unspecified atom stereocenters. The summed E-state index contributed by atoms with van der Waals surface area (Å²) < 4.78 is 37.4. The SMILES string of the molecule is Cc1c(S(=O)(=O)NC(=O)c2ccc(-n3ccc(OCC45CC(C4)C5)n3)nc2N2C[C@@H](C)CC2(C)C)cnn1C.S. The molecular formula is C27H37N7O4S2. The number of hydrogen-bond acceptors (Lipinski definition) is 8. The Balaban J connectivity index is 0.00000323. The number of hydrogen-bond donors (Lipinski definition) is 1. The van der Waals surface area contributed by atoms with Gasteiger partial charge >= 0.3 is 0 Å². The second kappa shape index (κ2) is 9.79. The van der Waals surface area contributed by atoms with Crippen molar-refractivity contribution in [3.05, 3.63) is 41.9 Å². The van der Waals surface area contributed by atoms with E-state index in [2.05, 4.69) is 40.6 Å². The molecule has 3 aromatic rings. The number of rotatable bonds is 8. The normalized spacial score (nSPS) is 24.6. The quantitative estimate of drug-likeness (QED) is 0.426. The lowest BCUT2D eigenvalue weighted by Gasteiger charge is -2.61. The molecule has 40 heavy (non-hydrogen) atoms. The van der Waals surface area contributed by atoms with Gasteiger partial charge in [-0.05, 0) is 70.4 Å². The first-order valence-corrected chi connectivity index (χ1v) is 14.9. The largest absolute Gasteiger partial charge is 0.476 e. The molecule has 2 bridgehead atoms. The van der Waals surface area contributed by atoms with Crippen LogP contribution in [-0.2, 0) is 17.1 Å². The molecule has 0 radical (unpaired) electrons. The van der Waals surface area contributed by atoms with Crippen LogP contribution in [-0.4, -0.2) is 57.6 Å². The molecule has 3 aromatic heterocycles. The summed E-state index contributed by atoms with van der Waals surface area (Å²) in [7, 11) is -2.48. The van der Waals surface area contributed by atoms with Gasteiger partial charge in [0.1, 0.15) is 10.7 Å². The van der Waals surface area contributed by atoms with Crippen molar-refractivity contribution in [2.45, 2.75) is 63.8 Å². The van der Waals surface area contributed by atoms with E-state index in [9.17, 15) is 13.2 Å². The highest BCUT2D eigenvalue weighted by atomic mass is 32.2. The van der Waals surface area contributed by atoms with Crippen LogP contribution in [0.4, 0.5) is 5.82 Å². The number of carbonyl (C=O) groups excluding carboxylic acids is 1. The summed E-state index contributed by atoms with van der Waals surface area (Å²) >= 11 is 0. The maximum absolute atomic E-state index is 13.5. The topological polar surface area (TPSA) is 124 Å². The van der Waals surface area contributed by atoms with Gasteiger partial charge in [0.15, 0.2) is 5.82 Å². The zero-order valence-electron chi connectivity index (χ0n) is 23.5. The van der Waals surface area contributed by atoms with E-state index in [1.165, 1.54) is 30.1 Å². The minimum atomic E-state index is -4.13. The van der Waals surface area contributed by atoms with Crippen LogP contribution < -0.4 is 14.4 Å². The van der Waals surface area contributed by atoms with E-state index >= 15 is 0 Å². The molecule has 13 heteroatoms. The van der Waals surface area contributed by atoms with Gasteiger partial charge in [-0.1, -0.05) is 6.92 Å². The molecular weight excluding hydrogens is 550 g/mol. The summed E-state index contributed by atoms with van der Waals surface area (Å²) in [4.78, 5) is 20.4. The molecule has 0 spiro atoms. The fraction of sp³-hybridized carbons (Fsp3) is 0.556. The molecule has 11 nitrogen and oxygen atoms in total. The summed E-state index contributed by atoms with van der Waals surface area (Å²) in [6.07, 6.45) is 7.70. The van der Waals surface area contributed by atoms with Gasteiger partial charge in [0, 0.05) is 36.8 Å². The van der Waals surface area contributed by atoms with Crippen LogP contribution in [0.15, 0.2) is 35.5 Å². The fourth-order valence-electron chi connectivity index (χ4n) is 6.46. The van der Waals surface area contributed by atoms with Crippen molar-refractivity contribution in [3.8, 4) is 11.7 Å². The van der Waals surface area contributed by atoms with Crippen molar-refractivity contribution in [2.75, 3.05) is 18.1 Å². The van der Waals surface area contributed by atoms with Crippen molar-refractivity contribution in [1.29, 1.82) is 0 Å². The Hall–Kier alpha value is -3.06. The number of nitrogens with zero attached hydrogens (tertiary/aromatic N) is 6. The van der Waals surface area contributed by atoms with E-state index in [1.807, 2.05) is 6.07 Å². The molecule has 1 atom stereocenters. The third-order valence-corrected chi connectivity index (χ3v) is 10.1. The maximum Gasteiger partial charge on any atom is 0.268 e. The van der Waals surface area contributed by atoms with Gasteiger partial charge in [0.05, 0.1) is 24.1 Å². The predicted molar refractivity (Wildman–Crippen MR) is 155 cm³/mol. The van der Waals surface area contributed by atoms with Crippen LogP contribution >= 0.6 is 13.5 Å². The number of anilines is 1. The van der Waals surface area contributed by atoms with Gasteiger partial charge < -0.3 is 9.64 Å². The van der Waals surface area contributed by atoms with Crippen LogP contribution in [0.1, 0.15) is 62.5 Å². The van der Waals surface area contributed by atoms with Crippen LogP contribution in [0.2, 0.25) is 0 Å². The summed E-state index contributed by atoms with van der Waals surface area (Å²) in [5.41, 5.74) is 0.684. The molecule has 7 rings (SSSR count). The van der Waals surface area contributed by atoms with E-state index in [0.717, 1.165) is 12.3 Å². The van der Waals surface area contributed by atoms with Gasteiger partial charge in [-0.15, -0.1) is 5.10 Å². The van der Waals surface area contributed by atoms with E-state index in [0.29, 0.717) is 47.7 Å². The third-order valence-electron chi connectivity index (χ3n) is 8.63. The average Bonchev–Trinajstić information content (AvgIpc) is 3.48. The van der Waals surface area contributed by atoms with Crippen LogP contribution in [0.25, 0.3) is 5.82 Å². The molecule has 1 saturated heterocycles. The number of ether oxygens (including phenoxy) is 1. The van der Waals surface area contributed by atoms with E-state index in [1.54, 1.807) is 37.0 Å². The number of aryl methyl sites for hydroxylation is 1. The second-order valence-electron chi connectivity index (χ2n) is 12.3. The number of aromatic nitrogens is 5. The Morgan fingerprint density at radius 2 is 1.90 bits per heavy atom. The molecule has 3 saturated carbocycles. The summed E-state index contributed by atoms with van der Waals surface area (Å²) in [5.74, 6) is 2.01. The van der Waals surface area contributed by atoms with E-state index in [-0.39, 0.29) is 29.5 Å². The molecule has 3 aliphatic carbocycles.